The van der Waals surface area contributed by atoms with Crippen molar-refractivity contribution in [3.05, 3.63) is 29.8 Å². The van der Waals surface area contributed by atoms with Gasteiger partial charge in [-0.2, -0.15) is 0 Å². The Morgan fingerprint density at radius 2 is 1.95 bits per heavy atom. The van der Waals surface area contributed by atoms with Crippen molar-refractivity contribution in [1.82, 2.24) is 4.90 Å². The molecule has 1 atom stereocenters. The summed E-state index contributed by atoms with van der Waals surface area (Å²) < 4.78 is 5.59. The molecule has 1 rings (SSSR count). The molecule has 0 spiro atoms. The van der Waals surface area contributed by atoms with Gasteiger partial charge in [-0.05, 0) is 32.4 Å². The van der Waals surface area contributed by atoms with E-state index in [-0.39, 0.29) is 24.4 Å². The number of hydrogen-bond acceptors (Lipinski definition) is 3. The normalized spacial score (nSPS) is 11.4. The minimum Gasteiger partial charge on any atom is -0.492 e. The number of carbonyl (C=O) groups is 1. The molecule has 0 fully saturated rings. The van der Waals surface area contributed by atoms with Gasteiger partial charge in [-0.15, -0.1) is 12.4 Å². The van der Waals surface area contributed by atoms with E-state index >= 15 is 0 Å². The first-order chi connectivity index (χ1) is 8.99. The van der Waals surface area contributed by atoms with Crippen molar-refractivity contribution in [1.29, 1.82) is 0 Å². The molecule has 1 unspecified atom stereocenters. The van der Waals surface area contributed by atoms with Gasteiger partial charge in [-0.1, -0.05) is 17.7 Å². The fraction of sp³-hybridized carbons (Fsp3) is 0.533. The lowest BCUT2D eigenvalue weighted by molar-refractivity contribution is -0.130. The smallest absolute Gasteiger partial charge is 0.222 e. The van der Waals surface area contributed by atoms with Gasteiger partial charge in [-0.3, -0.25) is 4.79 Å². The summed E-state index contributed by atoms with van der Waals surface area (Å²) in [6, 6.07) is 7.96. The van der Waals surface area contributed by atoms with Gasteiger partial charge in [0.1, 0.15) is 12.4 Å². The number of likely N-dealkylation sites (N-methyl/N-ethyl adjacent to an activating group) is 1. The third kappa shape index (κ3) is 7.36. The van der Waals surface area contributed by atoms with Crippen LogP contribution in [-0.2, 0) is 4.79 Å². The summed E-state index contributed by atoms with van der Waals surface area (Å²) in [5.74, 6) is 0.951. The third-order valence-corrected chi connectivity index (χ3v) is 2.96. The lowest BCUT2D eigenvalue weighted by atomic mass is 10.2. The Kier molecular flexibility index (Phi) is 9.01. The number of nitrogens with zero attached hydrogens (tertiary/aromatic N) is 1. The molecule has 1 aromatic carbocycles. The lowest BCUT2D eigenvalue weighted by Gasteiger charge is -2.18. The zero-order valence-corrected chi connectivity index (χ0v) is 13.3. The fourth-order valence-corrected chi connectivity index (χ4v) is 1.60. The Bertz CT molecular complexity index is 393. The average molecular weight is 301 g/mol. The molecule has 0 bridgehead atoms. The summed E-state index contributed by atoms with van der Waals surface area (Å²) in [4.78, 5) is 13.4. The van der Waals surface area contributed by atoms with Crippen LogP contribution < -0.4 is 10.5 Å². The Labute approximate surface area is 127 Å². The molecule has 5 heteroatoms. The maximum atomic E-state index is 11.7. The van der Waals surface area contributed by atoms with Crippen LogP contribution >= 0.6 is 12.4 Å². The van der Waals surface area contributed by atoms with Gasteiger partial charge in [0, 0.05) is 19.5 Å². The zero-order chi connectivity index (χ0) is 14.3. The van der Waals surface area contributed by atoms with Gasteiger partial charge < -0.3 is 15.4 Å². The highest BCUT2D eigenvalue weighted by Crippen LogP contribution is 2.11. The fourth-order valence-electron chi connectivity index (χ4n) is 1.60. The van der Waals surface area contributed by atoms with Gasteiger partial charge in [0.15, 0.2) is 0 Å². The van der Waals surface area contributed by atoms with Crippen LogP contribution in [0, 0.1) is 6.92 Å². The van der Waals surface area contributed by atoms with E-state index in [9.17, 15) is 4.79 Å². The van der Waals surface area contributed by atoms with Gasteiger partial charge in [-0.25, -0.2) is 0 Å². The van der Waals surface area contributed by atoms with E-state index < -0.39 is 0 Å². The molecule has 0 aliphatic heterocycles. The minimum absolute atomic E-state index is 0. The summed E-state index contributed by atoms with van der Waals surface area (Å²) in [6.07, 6.45) is 1.22. The van der Waals surface area contributed by atoms with E-state index in [0.717, 1.165) is 12.2 Å². The molecule has 1 amide bonds. The second kappa shape index (κ2) is 9.61. The summed E-state index contributed by atoms with van der Waals surface area (Å²) in [6.45, 7) is 5.04. The standard InChI is InChI=1S/C15H24N2O2.ClH/c1-12-4-7-14(8-5-12)19-11-10-17(3)15(18)9-6-13(2)16;/h4-5,7-8,13H,6,9-11,16H2,1-3H3;1H. The molecule has 0 aliphatic rings. The first-order valence-corrected chi connectivity index (χ1v) is 6.68. The number of amides is 1. The van der Waals surface area contributed by atoms with E-state index in [1.165, 1.54) is 5.56 Å². The predicted molar refractivity (Wildman–Crippen MR) is 84.4 cm³/mol. The van der Waals surface area contributed by atoms with Crippen LogP contribution in [0.1, 0.15) is 25.3 Å². The number of nitrogens with two attached hydrogens (primary N) is 1. The van der Waals surface area contributed by atoms with Crippen molar-refractivity contribution in [2.75, 3.05) is 20.2 Å². The second-order valence-electron chi connectivity index (χ2n) is 4.99. The van der Waals surface area contributed by atoms with Gasteiger partial charge in [0.25, 0.3) is 0 Å². The van der Waals surface area contributed by atoms with Crippen LogP contribution in [0.25, 0.3) is 0 Å². The van der Waals surface area contributed by atoms with Crippen LogP contribution in [-0.4, -0.2) is 37.0 Å². The highest BCUT2D eigenvalue weighted by Gasteiger charge is 2.09. The molecule has 0 saturated carbocycles. The number of benzene rings is 1. The molecule has 1 aromatic rings. The largest absolute Gasteiger partial charge is 0.492 e. The first-order valence-electron chi connectivity index (χ1n) is 6.68. The Balaban J connectivity index is 0.00000361. The molecule has 0 aromatic heterocycles. The van der Waals surface area contributed by atoms with Gasteiger partial charge >= 0.3 is 0 Å². The number of halogens is 1. The average Bonchev–Trinajstić information content (AvgIpc) is 2.38. The van der Waals surface area contributed by atoms with Gasteiger partial charge in [0.05, 0.1) is 6.54 Å². The molecule has 0 heterocycles. The van der Waals surface area contributed by atoms with E-state index in [2.05, 4.69) is 0 Å². The number of carbonyl (C=O) groups excluding carboxylic acids is 1. The Hall–Kier alpha value is -1.26. The topological polar surface area (TPSA) is 55.6 Å². The molecule has 114 valence electrons. The summed E-state index contributed by atoms with van der Waals surface area (Å²) in [5, 5.41) is 0. The maximum absolute atomic E-state index is 11.7. The molecular formula is C15H25ClN2O2. The minimum atomic E-state index is 0. The van der Waals surface area contributed by atoms with Crippen molar-refractivity contribution in [2.24, 2.45) is 5.73 Å². The number of aryl methyl sites for hydroxylation is 1. The van der Waals surface area contributed by atoms with Crippen molar-refractivity contribution < 1.29 is 9.53 Å². The maximum Gasteiger partial charge on any atom is 0.222 e. The van der Waals surface area contributed by atoms with E-state index in [1.807, 2.05) is 38.1 Å². The monoisotopic (exact) mass is 300 g/mol. The number of rotatable bonds is 7. The number of hydrogen-bond donors (Lipinski definition) is 1. The highest BCUT2D eigenvalue weighted by atomic mass is 35.5. The third-order valence-electron chi connectivity index (χ3n) is 2.96. The van der Waals surface area contributed by atoms with Crippen molar-refractivity contribution in [3.63, 3.8) is 0 Å². The highest BCUT2D eigenvalue weighted by molar-refractivity contribution is 5.85. The lowest BCUT2D eigenvalue weighted by Crippen LogP contribution is -2.31. The van der Waals surface area contributed by atoms with Crippen LogP contribution in [0.4, 0.5) is 0 Å². The SMILES string of the molecule is Cc1ccc(OCCN(C)C(=O)CCC(C)N)cc1.Cl. The van der Waals surface area contributed by atoms with E-state index in [4.69, 9.17) is 10.5 Å². The Morgan fingerprint density at radius 3 is 2.50 bits per heavy atom. The molecule has 0 radical (unpaired) electrons. The Morgan fingerprint density at radius 1 is 1.35 bits per heavy atom. The van der Waals surface area contributed by atoms with Crippen LogP contribution in [0.3, 0.4) is 0 Å². The van der Waals surface area contributed by atoms with Crippen LogP contribution in [0.2, 0.25) is 0 Å². The number of ether oxygens (including phenoxy) is 1. The second-order valence-corrected chi connectivity index (χ2v) is 4.99. The molecule has 20 heavy (non-hydrogen) atoms. The van der Waals surface area contributed by atoms with Crippen molar-refractivity contribution in [3.8, 4) is 5.75 Å². The zero-order valence-electron chi connectivity index (χ0n) is 12.5. The molecule has 2 N–H and O–H groups in total. The summed E-state index contributed by atoms with van der Waals surface area (Å²) in [5.41, 5.74) is 6.84. The molecule has 0 saturated heterocycles. The predicted octanol–water partition coefficient (Wildman–Crippen LogP) is 2.38. The summed E-state index contributed by atoms with van der Waals surface area (Å²) >= 11 is 0. The summed E-state index contributed by atoms with van der Waals surface area (Å²) in [7, 11) is 1.79. The first kappa shape index (κ1) is 18.7. The van der Waals surface area contributed by atoms with Crippen LogP contribution in [0.5, 0.6) is 5.75 Å². The quantitative estimate of drug-likeness (QED) is 0.841. The van der Waals surface area contributed by atoms with Crippen molar-refractivity contribution >= 4 is 18.3 Å². The molecule has 0 aliphatic carbocycles. The molecular weight excluding hydrogens is 276 g/mol. The van der Waals surface area contributed by atoms with Crippen molar-refractivity contribution in [2.45, 2.75) is 32.7 Å². The van der Waals surface area contributed by atoms with Gasteiger partial charge in [0.2, 0.25) is 5.91 Å². The molecule has 4 nitrogen and oxygen atoms in total. The van der Waals surface area contributed by atoms with Crippen LogP contribution in [0.15, 0.2) is 24.3 Å². The van der Waals surface area contributed by atoms with E-state index in [0.29, 0.717) is 19.6 Å². The van der Waals surface area contributed by atoms with E-state index in [1.54, 1.807) is 11.9 Å².